The van der Waals surface area contributed by atoms with Crippen LogP contribution in [-0.2, 0) is 13.2 Å². The van der Waals surface area contributed by atoms with Gasteiger partial charge in [0, 0.05) is 17.7 Å². The molecule has 3 nitrogen and oxygen atoms in total. The standard InChI is InChI=1S/C24H34FNO2.ClH/c1-3-5-6-7-8-11-17-26-18-20-14-12-16-23(27-4-2)24(20)28-19-21-13-9-10-15-22(21)25;/h9-10,12-16,26H,3-8,11,17-19H2,1-2H3;1H. The van der Waals surface area contributed by atoms with E-state index in [1.165, 1.54) is 44.6 Å². The second kappa shape index (κ2) is 15.1. The van der Waals surface area contributed by atoms with E-state index in [2.05, 4.69) is 12.2 Å². The number of nitrogens with one attached hydrogen (secondary N) is 1. The van der Waals surface area contributed by atoms with Crippen LogP contribution in [0.1, 0.15) is 63.5 Å². The third-order valence-corrected chi connectivity index (χ3v) is 4.71. The van der Waals surface area contributed by atoms with Crippen molar-refractivity contribution in [3.8, 4) is 11.5 Å². The van der Waals surface area contributed by atoms with Gasteiger partial charge in [-0.3, -0.25) is 0 Å². The van der Waals surface area contributed by atoms with Crippen molar-refractivity contribution in [2.24, 2.45) is 0 Å². The van der Waals surface area contributed by atoms with Gasteiger partial charge in [0.15, 0.2) is 11.5 Å². The molecule has 2 rings (SSSR count). The lowest BCUT2D eigenvalue weighted by Gasteiger charge is -2.17. The molecule has 1 N–H and O–H groups in total. The minimum atomic E-state index is -0.251. The van der Waals surface area contributed by atoms with Crippen LogP contribution >= 0.6 is 12.4 Å². The topological polar surface area (TPSA) is 30.5 Å². The summed E-state index contributed by atoms with van der Waals surface area (Å²) in [7, 11) is 0. The monoisotopic (exact) mass is 423 g/mol. The number of hydrogen-bond acceptors (Lipinski definition) is 3. The molecule has 0 heterocycles. The first-order chi connectivity index (χ1) is 13.8. The van der Waals surface area contributed by atoms with Crippen molar-refractivity contribution >= 4 is 12.4 Å². The molecule has 0 aliphatic rings. The van der Waals surface area contributed by atoms with Crippen molar-refractivity contribution < 1.29 is 13.9 Å². The van der Waals surface area contributed by atoms with Crippen LogP contribution < -0.4 is 14.8 Å². The number of ether oxygens (including phenoxy) is 2. The highest BCUT2D eigenvalue weighted by Crippen LogP contribution is 2.32. The number of hydrogen-bond donors (Lipinski definition) is 1. The minimum absolute atomic E-state index is 0. The summed E-state index contributed by atoms with van der Waals surface area (Å²) in [4.78, 5) is 0. The average Bonchev–Trinajstić information content (AvgIpc) is 2.70. The maximum absolute atomic E-state index is 13.9. The van der Waals surface area contributed by atoms with E-state index in [-0.39, 0.29) is 24.8 Å². The molecule has 0 fully saturated rings. The maximum Gasteiger partial charge on any atom is 0.166 e. The molecular weight excluding hydrogens is 389 g/mol. The van der Waals surface area contributed by atoms with Gasteiger partial charge >= 0.3 is 0 Å². The molecule has 0 bridgehead atoms. The van der Waals surface area contributed by atoms with Crippen molar-refractivity contribution in [1.82, 2.24) is 5.32 Å². The second-order valence-electron chi connectivity index (χ2n) is 7.00. The molecule has 162 valence electrons. The number of rotatable bonds is 14. The van der Waals surface area contributed by atoms with Gasteiger partial charge in [0.05, 0.1) is 6.61 Å². The van der Waals surface area contributed by atoms with Gasteiger partial charge in [0.25, 0.3) is 0 Å². The van der Waals surface area contributed by atoms with Gasteiger partial charge in [0.1, 0.15) is 12.4 Å². The lowest BCUT2D eigenvalue weighted by molar-refractivity contribution is 0.262. The van der Waals surface area contributed by atoms with E-state index in [0.29, 0.717) is 30.2 Å². The normalized spacial score (nSPS) is 10.4. The van der Waals surface area contributed by atoms with E-state index < -0.39 is 0 Å². The molecule has 0 amide bonds. The Morgan fingerprint density at radius 3 is 2.31 bits per heavy atom. The molecule has 0 unspecified atom stereocenters. The summed E-state index contributed by atoms with van der Waals surface area (Å²) < 4.78 is 25.7. The van der Waals surface area contributed by atoms with Gasteiger partial charge in [-0.25, -0.2) is 4.39 Å². The fourth-order valence-corrected chi connectivity index (χ4v) is 3.15. The summed E-state index contributed by atoms with van der Waals surface area (Å²) >= 11 is 0. The van der Waals surface area contributed by atoms with Crippen molar-refractivity contribution in [2.45, 2.75) is 65.5 Å². The highest BCUT2D eigenvalue weighted by Gasteiger charge is 2.12. The summed E-state index contributed by atoms with van der Waals surface area (Å²) in [5.41, 5.74) is 1.58. The van der Waals surface area contributed by atoms with Crippen molar-refractivity contribution in [3.63, 3.8) is 0 Å². The Hall–Kier alpha value is -1.78. The highest BCUT2D eigenvalue weighted by molar-refractivity contribution is 5.85. The summed E-state index contributed by atoms with van der Waals surface area (Å²) in [5.74, 6) is 1.15. The Morgan fingerprint density at radius 1 is 0.828 bits per heavy atom. The van der Waals surface area contributed by atoms with E-state index >= 15 is 0 Å². The van der Waals surface area contributed by atoms with Gasteiger partial charge in [-0.1, -0.05) is 69.4 Å². The first-order valence-corrected chi connectivity index (χ1v) is 10.6. The van der Waals surface area contributed by atoms with Gasteiger partial charge in [-0.05, 0) is 32.0 Å². The third kappa shape index (κ3) is 9.05. The molecule has 0 aromatic heterocycles. The van der Waals surface area contributed by atoms with Gasteiger partial charge in [0.2, 0.25) is 0 Å². The summed E-state index contributed by atoms with van der Waals surface area (Å²) in [5, 5.41) is 3.50. The fourth-order valence-electron chi connectivity index (χ4n) is 3.15. The number of unbranched alkanes of at least 4 members (excludes halogenated alkanes) is 5. The van der Waals surface area contributed by atoms with Crippen LogP contribution in [0.25, 0.3) is 0 Å². The summed E-state index contributed by atoms with van der Waals surface area (Å²) in [6.45, 7) is 6.62. The maximum atomic E-state index is 13.9. The fraction of sp³-hybridized carbons (Fsp3) is 0.500. The lowest BCUT2D eigenvalue weighted by Crippen LogP contribution is -2.16. The van der Waals surface area contributed by atoms with Crippen LogP contribution in [0.4, 0.5) is 4.39 Å². The van der Waals surface area contributed by atoms with Crippen LogP contribution in [0, 0.1) is 5.82 Å². The third-order valence-electron chi connectivity index (χ3n) is 4.71. The summed E-state index contributed by atoms with van der Waals surface area (Å²) in [6.07, 6.45) is 7.71. The van der Waals surface area contributed by atoms with Crippen LogP contribution in [0.5, 0.6) is 11.5 Å². The van der Waals surface area contributed by atoms with Crippen LogP contribution in [0.2, 0.25) is 0 Å². The average molecular weight is 424 g/mol. The molecule has 2 aromatic rings. The number of para-hydroxylation sites is 1. The van der Waals surface area contributed by atoms with Gasteiger partial charge in [-0.15, -0.1) is 12.4 Å². The Morgan fingerprint density at radius 2 is 1.55 bits per heavy atom. The van der Waals surface area contributed by atoms with Gasteiger partial charge < -0.3 is 14.8 Å². The molecule has 0 aliphatic carbocycles. The van der Waals surface area contributed by atoms with Crippen LogP contribution in [-0.4, -0.2) is 13.2 Å². The number of benzene rings is 2. The Kier molecular flexibility index (Phi) is 13.2. The molecule has 2 aromatic carbocycles. The zero-order chi connectivity index (χ0) is 20.0. The molecule has 0 aliphatic heterocycles. The van der Waals surface area contributed by atoms with E-state index in [0.717, 1.165) is 12.1 Å². The smallest absolute Gasteiger partial charge is 0.166 e. The molecule has 5 heteroatoms. The molecule has 0 atom stereocenters. The highest BCUT2D eigenvalue weighted by atomic mass is 35.5. The van der Waals surface area contributed by atoms with Crippen molar-refractivity contribution in [3.05, 3.63) is 59.4 Å². The van der Waals surface area contributed by atoms with E-state index in [1.54, 1.807) is 12.1 Å². The van der Waals surface area contributed by atoms with Crippen molar-refractivity contribution in [2.75, 3.05) is 13.2 Å². The molecule has 0 radical (unpaired) electrons. The quantitative estimate of drug-likeness (QED) is 0.344. The van der Waals surface area contributed by atoms with Crippen LogP contribution in [0.15, 0.2) is 42.5 Å². The zero-order valence-corrected chi connectivity index (χ0v) is 18.5. The molecule has 29 heavy (non-hydrogen) atoms. The molecule has 0 saturated heterocycles. The lowest BCUT2D eigenvalue weighted by atomic mass is 10.1. The predicted molar refractivity (Wildman–Crippen MR) is 121 cm³/mol. The predicted octanol–water partition coefficient (Wildman–Crippen LogP) is 6.68. The van der Waals surface area contributed by atoms with E-state index in [1.807, 2.05) is 31.2 Å². The van der Waals surface area contributed by atoms with Gasteiger partial charge in [-0.2, -0.15) is 0 Å². The summed E-state index contributed by atoms with van der Waals surface area (Å²) in [6, 6.07) is 12.6. The molecule has 0 spiro atoms. The number of halogens is 2. The first kappa shape index (κ1) is 25.3. The van der Waals surface area contributed by atoms with E-state index in [9.17, 15) is 4.39 Å². The molecular formula is C24H35ClFNO2. The first-order valence-electron chi connectivity index (χ1n) is 10.6. The zero-order valence-electron chi connectivity index (χ0n) is 17.7. The van der Waals surface area contributed by atoms with Crippen molar-refractivity contribution in [1.29, 1.82) is 0 Å². The van der Waals surface area contributed by atoms with Crippen LogP contribution in [0.3, 0.4) is 0 Å². The Bertz CT molecular complexity index is 696. The molecule has 0 saturated carbocycles. The SMILES string of the molecule is CCCCCCCCNCc1cccc(OCC)c1OCc1ccccc1F.Cl. The largest absolute Gasteiger partial charge is 0.490 e. The Labute approximate surface area is 181 Å². The Balaban J connectivity index is 0.00000420. The van der Waals surface area contributed by atoms with E-state index in [4.69, 9.17) is 9.47 Å². The minimum Gasteiger partial charge on any atom is -0.490 e. The second-order valence-corrected chi connectivity index (χ2v) is 7.00.